The number of ether oxygens (including phenoxy) is 1. The summed E-state index contributed by atoms with van der Waals surface area (Å²) < 4.78 is 38.8. The van der Waals surface area contributed by atoms with Gasteiger partial charge in [0.25, 0.3) is 0 Å². The van der Waals surface area contributed by atoms with E-state index in [0.717, 1.165) is 38.5 Å². The summed E-state index contributed by atoms with van der Waals surface area (Å²) in [6, 6.07) is -1.27. The molecule has 0 bridgehead atoms. The summed E-state index contributed by atoms with van der Waals surface area (Å²) in [6.45, 7) is 2.86. The third kappa shape index (κ3) is 9.41. The molecule has 1 aliphatic rings. The number of hydrogen-bond acceptors (Lipinski definition) is 8. The number of rotatable bonds is 13. The molecule has 0 spiro atoms. The van der Waals surface area contributed by atoms with Gasteiger partial charge in [-0.3, -0.25) is 9.35 Å². The molecule has 1 unspecified atom stereocenters. The fraction of sp³-hybridized carbons (Fsp3) is 0.824. The zero-order valence-corrected chi connectivity index (χ0v) is 16.6. The Bertz CT molecular complexity index is 583. The molecule has 10 nitrogen and oxygen atoms in total. The standard InChI is InChI=1S/C17H31NO9S/c1-2-3-4-5-6-7-8-9-10-13(19)18-14-16(21)15(20)12(27-17(14)22)11-26-28(23,24)25/h2,12,14-17,20-22H,1,3-11H2,(H,18,19)(H,23,24,25)/t12-,14-,15-,16-,17?/m1/s1. The highest BCUT2D eigenvalue weighted by molar-refractivity contribution is 7.80. The zero-order chi connectivity index (χ0) is 21.2. The van der Waals surface area contributed by atoms with E-state index in [1.165, 1.54) is 0 Å². The Kier molecular flexibility index (Phi) is 11.1. The Labute approximate surface area is 165 Å². The van der Waals surface area contributed by atoms with Crippen molar-refractivity contribution in [3.63, 3.8) is 0 Å². The molecule has 0 aliphatic carbocycles. The molecular weight excluding hydrogens is 394 g/mol. The average molecular weight is 426 g/mol. The fourth-order valence-corrected chi connectivity index (χ4v) is 3.24. The van der Waals surface area contributed by atoms with Gasteiger partial charge in [0, 0.05) is 6.42 Å². The molecule has 1 amide bonds. The number of aliphatic hydroxyl groups is 3. The van der Waals surface area contributed by atoms with Crippen LogP contribution in [0.3, 0.4) is 0 Å². The van der Waals surface area contributed by atoms with Crippen molar-refractivity contribution in [2.24, 2.45) is 0 Å². The molecule has 1 aliphatic heterocycles. The molecule has 0 aromatic carbocycles. The van der Waals surface area contributed by atoms with Gasteiger partial charge in [-0.1, -0.05) is 31.8 Å². The number of carbonyl (C=O) groups is 1. The second kappa shape index (κ2) is 12.5. The Morgan fingerprint density at radius 1 is 1.07 bits per heavy atom. The average Bonchev–Trinajstić information content (AvgIpc) is 2.62. The van der Waals surface area contributed by atoms with Crippen molar-refractivity contribution in [3.05, 3.63) is 12.7 Å². The first kappa shape index (κ1) is 25.0. The van der Waals surface area contributed by atoms with Gasteiger partial charge >= 0.3 is 10.4 Å². The SMILES string of the molecule is C=CCCCCCCCCC(=O)N[C@H]1C(O)O[C@H](COS(=O)(=O)O)[C@@H](O)[C@@H]1O. The first-order valence-corrected chi connectivity index (χ1v) is 10.7. The van der Waals surface area contributed by atoms with E-state index in [1.807, 2.05) is 6.08 Å². The van der Waals surface area contributed by atoms with Crippen LogP contribution in [0.5, 0.6) is 0 Å². The van der Waals surface area contributed by atoms with E-state index in [0.29, 0.717) is 6.42 Å². The first-order chi connectivity index (χ1) is 13.2. The predicted molar refractivity (Wildman–Crippen MR) is 99.5 cm³/mol. The van der Waals surface area contributed by atoms with Crippen LogP contribution in [0.4, 0.5) is 0 Å². The van der Waals surface area contributed by atoms with Crippen LogP contribution >= 0.6 is 0 Å². The number of unbranched alkanes of at least 4 members (excludes halogenated alkanes) is 6. The van der Waals surface area contributed by atoms with Crippen molar-refractivity contribution in [3.8, 4) is 0 Å². The number of allylic oxidation sites excluding steroid dienone is 1. The van der Waals surface area contributed by atoms with Crippen molar-refractivity contribution in [2.45, 2.75) is 82.0 Å². The minimum atomic E-state index is -4.76. The van der Waals surface area contributed by atoms with Crippen molar-refractivity contribution in [1.82, 2.24) is 5.32 Å². The van der Waals surface area contributed by atoms with Gasteiger partial charge in [0.15, 0.2) is 6.29 Å². The van der Waals surface area contributed by atoms with Crippen LogP contribution < -0.4 is 5.32 Å². The van der Waals surface area contributed by atoms with Crippen LogP contribution in [-0.2, 0) is 24.1 Å². The largest absolute Gasteiger partial charge is 0.397 e. The zero-order valence-electron chi connectivity index (χ0n) is 15.8. The molecule has 0 radical (unpaired) electrons. The van der Waals surface area contributed by atoms with Crippen molar-refractivity contribution < 1.29 is 42.0 Å². The highest BCUT2D eigenvalue weighted by Crippen LogP contribution is 2.21. The Hall–Kier alpha value is -1.08. The summed E-state index contributed by atoms with van der Waals surface area (Å²) in [6.07, 6.45) is 2.64. The van der Waals surface area contributed by atoms with E-state index < -0.39 is 53.6 Å². The molecule has 1 saturated heterocycles. The minimum Gasteiger partial charge on any atom is -0.388 e. The van der Waals surface area contributed by atoms with E-state index in [-0.39, 0.29) is 6.42 Å². The fourth-order valence-electron chi connectivity index (χ4n) is 2.93. The molecule has 0 saturated carbocycles. The summed E-state index contributed by atoms with van der Waals surface area (Å²) in [5.74, 6) is -0.404. The highest BCUT2D eigenvalue weighted by Gasteiger charge is 2.45. The van der Waals surface area contributed by atoms with Crippen LogP contribution in [0.25, 0.3) is 0 Å². The molecule has 28 heavy (non-hydrogen) atoms. The lowest BCUT2D eigenvalue weighted by Gasteiger charge is -2.40. The lowest BCUT2D eigenvalue weighted by molar-refractivity contribution is -0.252. The lowest BCUT2D eigenvalue weighted by atomic mass is 9.97. The topological polar surface area (TPSA) is 163 Å². The lowest BCUT2D eigenvalue weighted by Crippen LogP contribution is -2.64. The van der Waals surface area contributed by atoms with E-state index in [9.17, 15) is 28.5 Å². The molecule has 11 heteroatoms. The second-order valence-electron chi connectivity index (χ2n) is 6.80. The number of carbonyl (C=O) groups excluding carboxylic acids is 1. The third-order valence-electron chi connectivity index (χ3n) is 4.49. The number of hydrogen-bond donors (Lipinski definition) is 5. The highest BCUT2D eigenvalue weighted by atomic mass is 32.3. The summed E-state index contributed by atoms with van der Waals surface area (Å²) in [5.41, 5.74) is 0. The van der Waals surface area contributed by atoms with Crippen LogP contribution in [0.15, 0.2) is 12.7 Å². The van der Waals surface area contributed by atoms with Gasteiger partial charge in [0.05, 0.1) is 6.61 Å². The number of aliphatic hydroxyl groups excluding tert-OH is 3. The monoisotopic (exact) mass is 425 g/mol. The van der Waals surface area contributed by atoms with E-state index in [4.69, 9.17) is 9.29 Å². The van der Waals surface area contributed by atoms with Crippen LogP contribution in [0.1, 0.15) is 51.4 Å². The second-order valence-corrected chi connectivity index (χ2v) is 7.89. The molecule has 1 fully saturated rings. The summed E-state index contributed by atoms with van der Waals surface area (Å²) in [5, 5.41) is 32.4. The van der Waals surface area contributed by atoms with Gasteiger partial charge in [0.2, 0.25) is 5.91 Å². The van der Waals surface area contributed by atoms with Crippen molar-refractivity contribution >= 4 is 16.3 Å². The van der Waals surface area contributed by atoms with Gasteiger partial charge < -0.3 is 25.4 Å². The van der Waals surface area contributed by atoms with Crippen molar-refractivity contribution in [1.29, 1.82) is 0 Å². The van der Waals surface area contributed by atoms with Gasteiger partial charge in [-0.2, -0.15) is 8.42 Å². The van der Waals surface area contributed by atoms with E-state index >= 15 is 0 Å². The molecule has 5 N–H and O–H groups in total. The minimum absolute atomic E-state index is 0.202. The van der Waals surface area contributed by atoms with Gasteiger partial charge in [0.1, 0.15) is 24.4 Å². The molecule has 1 heterocycles. The van der Waals surface area contributed by atoms with Crippen molar-refractivity contribution in [2.75, 3.05) is 6.61 Å². The third-order valence-corrected chi connectivity index (χ3v) is 4.93. The maximum atomic E-state index is 12.0. The maximum absolute atomic E-state index is 12.0. The van der Waals surface area contributed by atoms with Gasteiger partial charge in [-0.25, -0.2) is 4.18 Å². The number of nitrogens with one attached hydrogen (secondary N) is 1. The van der Waals surface area contributed by atoms with Gasteiger partial charge in [-0.05, 0) is 19.3 Å². The van der Waals surface area contributed by atoms with Crippen LogP contribution in [0.2, 0.25) is 0 Å². The predicted octanol–water partition coefficient (Wildman–Crippen LogP) is 0.0364. The molecule has 0 aromatic rings. The van der Waals surface area contributed by atoms with Crippen LogP contribution in [-0.4, -0.2) is 71.4 Å². The molecular formula is C17H31NO9S. The molecule has 164 valence electrons. The normalized spacial score (nSPS) is 28.1. The quantitative estimate of drug-likeness (QED) is 0.156. The number of amides is 1. The van der Waals surface area contributed by atoms with E-state index in [2.05, 4.69) is 16.1 Å². The molecule has 5 atom stereocenters. The molecule has 1 rings (SSSR count). The molecule has 0 aromatic heterocycles. The van der Waals surface area contributed by atoms with Crippen LogP contribution in [0, 0.1) is 0 Å². The summed E-state index contributed by atoms with van der Waals surface area (Å²) in [4.78, 5) is 12.0. The smallest absolute Gasteiger partial charge is 0.388 e. The summed E-state index contributed by atoms with van der Waals surface area (Å²) in [7, 11) is -4.76. The Morgan fingerprint density at radius 3 is 2.29 bits per heavy atom. The van der Waals surface area contributed by atoms with Gasteiger partial charge in [-0.15, -0.1) is 6.58 Å². The van der Waals surface area contributed by atoms with E-state index in [1.54, 1.807) is 0 Å². The maximum Gasteiger partial charge on any atom is 0.397 e. The summed E-state index contributed by atoms with van der Waals surface area (Å²) >= 11 is 0. The Balaban J connectivity index is 2.33. The first-order valence-electron chi connectivity index (χ1n) is 9.37. The Morgan fingerprint density at radius 2 is 1.68 bits per heavy atom.